The summed E-state index contributed by atoms with van der Waals surface area (Å²) in [6.07, 6.45) is 10.4. The molecule has 0 amide bonds. The zero-order chi connectivity index (χ0) is 13.2. The average Bonchev–Trinajstić information content (AvgIpc) is 2.38. The second-order valence-electron chi connectivity index (χ2n) is 5.07. The van der Waals surface area contributed by atoms with E-state index >= 15 is 0 Å². The summed E-state index contributed by atoms with van der Waals surface area (Å²) in [5.74, 6) is 0.598. The van der Waals surface area contributed by atoms with Gasteiger partial charge in [0, 0.05) is 11.6 Å². The minimum absolute atomic E-state index is 0.598. The summed E-state index contributed by atoms with van der Waals surface area (Å²) in [5, 5.41) is 0.627. The van der Waals surface area contributed by atoms with Gasteiger partial charge in [-0.1, -0.05) is 70.0 Å². The Labute approximate surface area is 117 Å². The number of aromatic nitrogens is 1. The van der Waals surface area contributed by atoms with Gasteiger partial charge in [-0.15, -0.1) is 0 Å². The molecule has 0 aliphatic carbocycles. The Morgan fingerprint density at radius 3 is 2.39 bits per heavy atom. The van der Waals surface area contributed by atoms with Gasteiger partial charge in [-0.2, -0.15) is 0 Å². The molecular weight excluding hydrogens is 242 g/mol. The lowest BCUT2D eigenvalue weighted by Crippen LogP contribution is -2.02. The van der Waals surface area contributed by atoms with E-state index < -0.39 is 0 Å². The van der Waals surface area contributed by atoms with E-state index in [1.54, 1.807) is 0 Å². The van der Waals surface area contributed by atoms with Crippen LogP contribution in [0.1, 0.15) is 76.8 Å². The summed E-state index contributed by atoms with van der Waals surface area (Å²) in [4.78, 5) is 4.49. The third-order valence-corrected chi connectivity index (χ3v) is 3.68. The van der Waals surface area contributed by atoms with Crippen molar-refractivity contribution in [3.8, 4) is 0 Å². The predicted molar refractivity (Wildman–Crippen MR) is 80.3 cm³/mol. The summed E-state index contributed by atoms with van der Waals surface area (Å²) in [6, 6.07) is 6.01. The number of hydrogen-bond acceptors (Lipinski definition) is 1. The van der Waals surface area contributed by atoms with E-state index in [4.69, 9.17) is 11.6 Å². The molecule has 0 aromatic carbocycles. The summed E-state index contributed by atoms with van der Waals surface area (Å²) < 4.78 is 0. The van der Waals surface area contributed by atoms with Gasteiger partial charge in [-0.25, -0.2) is 4.98 Å². The zero-order valence-corrected chi connectivity index (χ0v) is 12.5. The highest BCUT2D eigenvalue weighted by Gasteiger charge is 2.12. The van der Waals surface area contributed by atoms with Gasteiger partial charge in [0.1, 0.15) is 5.15 Å². The predicted octanol–water partition coefficient (Wildman–Crippen LogP) is 5.98. The molecule has 1 unspecified atom stereocenters. The first kappa shape index (κ1) is 15.5. The van der Waals surface area contributed by atoms with Crippen molar-refractivity contribution in [1.82, 2.24) is 4.98 Å². The second-order valence-corrected chi connectivity index (χ2v) is 5.46. The van der Waals surface area contributed by atoms with Gasteiger partial charge in [0.2, 0.25) is 0 Å². The largest absolute Gasteiger partial charge is 0.241 e. The van der Waals surface area contributed by atoms with Crippen LogP contribution in [0.15, 0.2) is 18.2 Å². The maximum atomic E-state index is 6.00. The second kappa shape index (κ2) is 9.38. The molecule has 102 valence electrons. The molecule has 0 N–H and O–H groups in total. The molecule has 1 aromatic rings. The fourth-order valence-electron chi connectivity index (χ4n) is 2.36. The molecule has 0 saturated heterocycles. The molecule has 0 saturated carbocycles. The fourth-order valence-corrected chi connectivity index (χ4v) is 2.53. The Morgan fingerprint density at radius 2 is 1.72 bits per heavy atom. The summed E-state index contributed by atoms with van der Waals surface area (Å²) in [6.45, 7) is 4.51. The number of pyridine rings is 1. The van der Waals surface area contributed by atoms with Crippen LogP contribution in [-0.4, -0.2) is 4.98 Å². The summed E-state index contributed by atoms with van der Waals surface area (Å²) >= 11 is 6.00. The average molecular weight is 268 g/mol. The first-order chi connectivity index (χ1) is 8.77. The van der Waals surface area contributed by atoms with Crippen molar-refractivity contribution < 1.29 is 0 Å². The van der Waals surface area contributed by atoms with E-state index in [-0.39, 0.29) is 0 Å². The number of halogens is 1. The van der Waals surface area contributed by atoms with Gasteiger partial charge in [0.25, 0.3) is 0 Å². The molecule has 0 radical (unpaired) electrons. The smallest absolute Gasteiger partial charge is 0.129 e. The van der Waals surface area contributed by atoms with Crippen LogP contribution < -0.4 is 0 Å². The lowest BCUT2D eigenvalue weighted by molar-refractivity contribution is 0.500. The molecule has 0 fully saturated rings. The van der Waals surface area contributed by atoms with Crippen molar-refractivity contribution in [3.05, 3.63) is 29.0 Å². The molecule has 2 heteroatoms. The van der Waals surface area contributed by atoms with Gasteiger partial charge >= 0.3 is 0 Å². The number of nitrogens with zero attached hydrogens (tertiary/aromatic N) is 1. The SMILES string of the molecule is CCCCCCC(CCCC)c1cccc(Cl)n1. The van der Waals surface area contributed by atoms with Crippen LogP contribution >= 0.6 is 11.6 Å². The molecule has 1 heterocycles. The van der Waals surface area contributed by atoms with E-state index in [0.717, 1.165) is 0 Å². The lowest BCUT2D eigenvalue weighted by Gasteiger charge is -2.16. The minimum Gasteiger partial charge on any atom is -0.241 e. The third-order valence-electron chi connectivity index (χ3n) is 3.47. The van der Waals surface area contributed by atoms with Gasteiger partial charge in [-0.05, 0) is 25.0 Å². The standard InChI is InChI=1S/C16H26ClN/c1-3-5-7-8-11-14(10-6-4-2)15-12-9-13-16(17)18-15/h9,12-14H,3-8,10-11H2,1-2H3. The Balaban J connectivity index is 2.54. The Bertz CT molecular complexity index is 325. The van der Waals surface area contributed by atoms with Crippen LogP contribution in [0.5, 0.6) is 0 Å². The van der Waals surface area contributed by atoms with Gasteiger partial charge in [0.05, 0.1) is 0 Å². The van der Waals surface area contributed by atoms with Crippen molar-refractivity contribution in [2.75, 3.05) is 0 Å². The van der Waals surface area contributed by atoms with Crippen LogP contribution in [0.25, 0.3) is 0 Å². The fraction of sp³-hybridized carbons (Fsp3) is 0.688. The van der Waals surface area contributed by atoms with E-state index in [2.05, 4.69) is 24.9 Å². The molecule has 0 bridgehead atoms. The lowest BCUT2D eigenvalue weighted by atomic mass is 9.92. The van der Waals surface area contributed by atoms with Crippen molar-refractivity contribution in [3.63, 3.8) is 0 Å². The van der Waals surface area contributed by atoms with Gasteiger partial charge < -0.3 is 0 Å². The number of unbranched alkanes of at least 4 members (excludes halogenated alkanes) is 4. The van der Waals surface area contributed by atoms with Gasteiger partial charge in [-0.3, -0.25) is 0 Å². The van der Waals surface area contributed by atoms with Crippen LogP contribution in [0, 0.1) is 0 Å². The first-order valence-corrected chi connectivity index (χ1v) is 7.78. The molecule has 1 aromatic heterocycles. The Morgan fingerprint density at radius 1 is 1.00 bits per heavy atom. The molecule has 0 spiro atoms. The van der Waals surface area contributed by atoms with Crippen LogP contribution in [0.3, 0.4) is 0 Å². The van der Waals surface area contributed by atoms with Gasteiger partial charge in [0.15, 0.2) is 0 Å². The zero-order valence-electron chi connectivity index (χ0n) is 11.8. The van der Waals surface area contributed by atoms with E-state index in [9.17, 15) is 0 Å². The van der Waals surface area contributed by atoms with Crippen molar-refractivity contribution in [2.45, 2.75) is 71.1 Å². The number of hydrogen-bond donors (Lipinski definition) is 0. The van der Waals surface area contributed by atoms with Crippen LogP contribution in [-0.2, 0) is 0 Å². The van der Waals surface area contributed by atoms with Crippen LogP contribution in [0.4, 0.5) is 0 Å². The van der Waals surface area contributed by atoms with Crippen molar-refractivity contribution in [1.29, 1.82) is 0 Å². The van der Waals surface area contributed by atoms with Crippen molar-refractivity contribution in [2.24, 2.45) is 0 Å². The quantitative estimate of drug-likeness (QED) is 0.396. The molecular formula is C16H26ClN. The van der Waals surface area contributed by atoms with Crippen molar-refractivity contribution >= 4 is 11.6 Å². The third kappa shape index (κ3) is 5.86. The summed E-state index contributed by atoms with van der Waals surface area (Å²) in [7, 11) is 0. The number of rotatable bonds is 9. The van der Waals surface area contributed by atoms with E-state index in [1.807, 2.05) is 12.1 Å². The highest BCUT2D eigenvalue weighted by atomic mass is 35.5. The monoisotopic (exact) mass is 267 g/mol. The molecule has 0 aliphatic rings. The van der Waals surface area contributed by atoms with E-state index in [1.165, 1.54) is 57.1 Å². The molecule has 1 rings (SSSR count). The van der Waals surface area contributed by atoms with E-state index in [0.29, 0.717) is 11.1 Å². The Kier molecular flexibility index (Phi) is 8.08. The highest BCUT2D eigenvalue weighted by molar-refractivity contribution is 6.29. The van der Waals surface area contributed by atoms with Crippen LogP contribution in [0.2, 0.25) is 5.15 Å². The normalized spacial score (nSPS) is 12.6. The maximum absolute atomic E-state index is 6.00. The Hall–Kier alpha value is -0.560. The maximum Gasteiger partial charge on any atom is 0.129 e. The highest BCUT2D eigenvalue weighted by Crippen LogP contribution is 2.27. The summed E-state index contributed by atoms with van der Waals surface area (Å²) in [5.41, 5.74) is 1.19. The topological polar surface area (TPSA) is 12.9 Å². The minimum atomic E-state index is 0.598. The molecule has 1 nitrogen and oxygen atoms in total. The molecule has 0 aliphatic heterocycles. The first-order valence-electron chi connectivity index (χ1n) is 7.40. The molecule has 18 heavy (non-hydrogen) atoms. The molecule has 1 atom stereocenters.